The Morgan fingerprint density at radius 2 is 2.31 bits per heavy atom. The second-order valence-corrected chi connectivity index (χ2v) is 2.64. The fourth-order valence-electron chi connectivity index (χ4n) is 0.947. The molecule has 13 heavy (non-hydrogen) atoms. The van der Waals surface area contributed by atoms with E-state index in [1.54, 1.807) is 20.0 Å². The molecule has 0 aliphatic heterocycles. The molecule has 70 valence electrons. The van der Waals surface area contributed by atoms with Crippen molar-refractivity contribution in [3.05, 3.63) is 23.5 Å². The molecule has 0 aliphatic rings. The number of nitrogen functional groups attached to an aromatic ring is 1. The second-order valence-electron chi connectivity index (χ2n) is 2.64. The van der Waals surface area contributed by atoms with Crippen molar-refractivity contribution in [2.24, 2.45) is 0 Å². The topological polar surface area (TPSA) is 65.2 Å². The summed E-state index contributed by atoms with van der Waals surface area (Å²) in [7, 11) is 0. The van der Waals surface area contributed by atoms with E-state index in [0.717, 1.165) is 5.56 Å². The molecule has 0 radical (unpaired) electrons. The molecule has 0 unspecified atom stereocenters. The summed E-state index contributed by atoms with van der Waals surface area (Å²) in [5.74, 6) is -0.420. The number of ether oxygens (including phenoxy) is 1. The maximum atomic E-state index is 11.3. The van der Waals surface area contributed by atoms with Gasteiger partial charge in [0.2, 0.25) is 0 Å². The average Bonchev–Trinajstić information content (AvgIpc) is 2.10. The quantitative estimate of drug-likeness (QED) is 0.693. The summed E-state index contributed by atoms with van der Waals surface area (Å²) >= 11 is 0. The van der Waals surface area contributed by atoms with Crippen LogP contribution in [0.25, 0.3) is 0 Å². The number of hydrogen-bond acceptors (Lipinski definition) is 4. The van der Waals surface area contributed by atoms with Crippen LogP contribution in [0.3, 0.4) is 0 Å². The van der Waals surface area contributed by atoms with Gasteiger partial charge in [-0.25, -0.2) is 4.79 Å². The van der Waals surface area contributed by atoms with E-state index in [1.165, 1.54) is 6.20 Å². The number of anilines is 1. The van der Waals surface area contributed by atoms with Crippen molar-refractivity contribution < 1.29 is 9.53 Å². The van der Waals surface area contributed by atoms with E-state index in [9.17, 15) is 4.79 Å². The van der Waals surface area contributed by atoms with Gasteiger partial charge in [0, 0.05) is 12.4 Å². The van der Waals surface area contributed by atoms with Crippen LogP contribution in [0.1, 0.15) is 22.8 Å². The SMILES string of the molecule is CCOC(=O)c1cncc(C)c1N. The number of aryl methyl sites for hydroxylation is 1. The molecule has 0 bridgehead atoms. The van der Waals surface area contributed by atoms with Crippen LogP contribution in [-0.2, 0) is 4.74 Å². The van der Waals surface area contributed by atoms with Crippen molar-refractivity contribution in [1.82, 2.24) is 4.98 Å². The van der Waals surface area contributed by atoms with Crippen molar-refractivity contribution in [2.45, 2.75) is 13.8 Å². The lowest BCUT2D eigenvalue weighted by molar-refractivity contribution is 0.0527. The van der Waals surface area contributed by atoms with E-state index >= 15 is 0 Å². The Balaban J connectivity index is 3.01. The van der Waals surface area contributed by atoms with Gasteiger partial charge >= 0.3 is 5.97 Å². The standard InChI is InChI=1S/C9H12N2O2/c1-3-13-9(12)7-5-11-4-6(2)8(7)10/h4-5H,3H2,1-2H3,(H2,10,11). The van der Waals surface area contributed by atoms with E-state index in [-0.39, 0.29) is 0 Å². The molecular weight excluding hydrogens is 168 g/mol. The second kappa shape index (κ2) is 3.89. The maximum absolute atomic E-state index is 11.3. The maximum Gasteiger partial charge on any atom is 0.341 e. The number of carbonyl (C=O) groups excluding carboxylic acids is 1. The Kier molecular flexibility index (Phi) is 2.84. The Bertz CT molecular complexity index is 323. The van der Waals surface area contributed by atoms with Crippen LogP contribution < -0.4 is 5.73 Å². The fraction of sp³-hybridized carbons (Fsp3) is 0.333. The summed E-state index contributed by atoms with van der Waals surface area (Å²) in [5, 5.41) is 0. The molecule has 1 rings (SSSR count). The lowest BCUT2D eigenvalue weighted by atomic mass is 10.2. The average molecular weight is 180 g/mol. The molecule has 0 amide bonds. The smallest absolute Gasteiger partial charge is 0.341 e. The van der Waals surface area contributed by atoms with E-state index in [4.69, 9.17) is 10.5 Å². The lowest BCUT2D eigenvalue weighted by Gasteiger charge is -2.05. The van der Waals surface area contributed by atoms with Crippen LogP contribution in [0, 0.1) is 6.92 Å². The highest BCUT2D eigenvalue weighted by Gasteiger charge is 2.11. The fourth-order valence-corrected chi connectivity index (χ4v) is 0.947. The van der Waals surface area contributed by atoms with Crippen molar-refractivity contribution in [2.75, 3.05) is 12.3 Å². The van der Waals surface area contributed by atoms with E-state index < -0.39 is 5.97 Å². The van der Waals surface area contributed by atoms with Crippen LogP contribution >= 0.6 is 0 Å². The minimum atomic E-state index is -0.420. The highest BCUT2D eigenvalue weighted by molar-refractivity contribution is 5.95. The highest BCUT2D eigenvalue weighted by atomic mass is 16.5. The number of aromatic nitrogens is 1. The Hall–Kier alpha value is -1.58. The van der Waals surface area contributed by atoms with Gasteiger partial charge in [-0.15, -0.1) is 0 Å². The molecule has 0 spiro atoms. The van der Waals surface area contributed by atoms with E-state index in [1.807, 2.05) is 0 Å². The molecule has 0 saturated carbocycles. The monoisotopic (exact) mass is 180 g/mol. The van der Waals surface area contributed by atoms with Gasteiger partial charge < -0.3 is 10.5 Å². The highest BCUT2D eigenvalue weighted by Crippen LogP contribution is 2.15. The number of pyridine rings is 1. The Labute approximate surface area is 76.7 Å². The van der Waals surface area contributed by atoms with Crippen LogP contribution in [-0.4, -0.2) is 17.6 Å². The summed E-state index contributed by atoms with van der Waals surface area (Å²) in [4.78, 5) is 15.1. The Morgan fingerprint density at radius 1 is 1.62 bits per heavy atom. The first kappa shape index (κ1) is 9.51. The molecular formula is C9H12N2O2. The van der Waals surface area contributed by atoms with Crippen molar-refractivity contribution >= 4 is 11.7 Å². The lowest BCUT2D eigenvalue weighted by Crippen LogP contribution is -2.09. The summed E-state index contributed by atoms with van der Waals surface area (Å²) in [5.41, 5.74) is 7.23. The van der Waals surface area contributed by atoms with Gasteiger partial charge in [0.25, 0.3) is 0 Å². The minimum Gasteiger partial charge on any atom is -0.462 e. The molecule has 4 heteroatoms. The first-order valence-corrected chi connectivity index (χ1v) is 4.04. The van der Waals surface area contributed by atoms with Gasteiger partial charge in [0.1, 0.15) is 5.56 Å². The van der Waals surface area contributed by atoms with Gasteiger partial charge in [0.15, 0.2) is 0 Å². The number of nitrogens with zero attached hydrogens (tertiary/aromatic N) is 1. The zero-order valence-corrected chi connectivity index (χ0v) is 7.70. The van der Waals surface area contributed by atoms with E-state index in [0.29, 0.717) is 17.9 Å². The van der Waals surface area contributed by atoms with Crippen molar-refractivity contribution in [3.63, 3.8) is 0 Å². The number of esters is 1. The minimum absolute atomic E-state index is 0.335. The van der Waals surface area contributed by atoms with Crippen LogP contribution in [0.2, 0.25) is 0 Å². The predicted octanol–water partition coefficient (Wildman–Crippen LogP) is 1.15. The molecule has 0 saturated heterocycles. The summed E-state index contributed by atoms with van der Waals surface area (Å²) in [6, 6.07) is 0. The molecule has 0 aliphatic carbocycles. The molecule has 0 aromatic carbocycles. The largest absolute Gasteiger partial charge is 0.462 e. The number of nitrogens with two attached hydrogens (primary N) is 1. The third-order valence-electron chi connectivity index (χ3n) is 1.68. The molecule has 1 heterocycles. The third kappa shape index (κ3) is 1.96. The van der Waals surface area contributed by atoms with Gasteiger partial charge in [-0.05, 0) is 19.4 Å². The molecule has 2 N–H and O–H groups in total. The number of rotatable bonds is 2. The zero-order valence-electron chi connectivity index (χ0n) is 7.70. The Morgan fingerprint density at radius 3 is 2.92 bits per heavy atom. The van der Waals surface area contributed by atoms with Crippen LogP contribution in [0.15, 0.2) is 12.4 Å². The van der Waals surface area contributed by atoms with Crippen LogP contribution in [0.5, 0.6) is 0 Å². The number of carbonyl (C=O) groups is 1. The number of hydrogen-bond donors (Lipinski definition) is 1. The molecule has 0 atom stereocenters. The summed E-state index contributed by atoms with van der Waals surface area (Å²) < 4.78 is 4.80. The van der Waals surface area contributed by atoms with Gasteiger partial charge in [-0.2, -0.15) is 0 Å². The van der Waals surface area contributed by atoms with Crippen molar-refractivity contribution in [1.29, 1.82) is 0 Å². The molecule has 1 aromatic heterocycles. The molecule has 1 aromatic rings. The summed E-state index contributed by atoms with van der Waals surface area (Å²) in [6.45, 7) is 3.88. The first-order chi connectivity index (χ1) is 6.16. The van der Waals surface area contributed by atoms with Gasteiger partial charge in [-0.1, -0.05) is 0 Å². The summed E-state index contributed by atoms with van der Waals surface area (Å²) in [6.07, 6.45) is 3.03. The first-order valence-electron chi connectivity index (χ1n) is 4.04. The predicted molar refractivity (Wildman–Crippen MR) is 49.3 cm³/mol. The normalized spacial score (nSPS) is 9.69. The van der Waals surface area contributed by atoms with Crippen molar-refractivity contribution in [3.8, 4) is 0 Å². The molecule has 0 fully saturated rings. The molecule has 4 nitrogen and oxygen atoms in total. The van der Waals surface area contributed by atoms with Gasteiger partial charge in [-0.3, -0.25) is 4.98 Å². The van der Waals surface area contributed by atoms with Crippen LogP contribution in [0.4, 0.5) is 5.69 Å². The third-order valence-corrected chi connectivity index (χ3v) is 1.68. The van der Waals surface area contributed by atoms with E-state index in [2.05, 4.69) is 4.98 Å². The van der Waals surface area contributed by atoms with Gasteiger partial charge in [0.05, 0.1) is 12.3 Å². The zero-order chi connectivity index (χ0) is 9.84.